The average molecular weight is 324 g/mol. The molecule has 0 aliphatic heterocycles. The Morgan fingerprint density at radius 2 is 1.65 bits per heavy atom. The van der Waals surface area contributed by atoms with Crippen LogP contribution < -0.4 is 10.1 Å². The number of amides is 1. The van der Waals surface area contributed by atoms with E-state index in [1.807, 2.05) is 68.4 Å². The second kappa shape index (κ2) is 6.62. The maximum absolute atomic E-state index is 12.3. The molecule has 0 fully saturated rings. The Morgan fingerprint density at radius 3 is 2.26 bits per heavy atom. The first-order valence-corrected chi connectivity index (χ1v) is 8.02. The molecule has 0 saturated heterocycles. The van der Waals surface area contributed by atoms with Crippen LogP contribution in [-0.2, 0) is 0 Å². The van der Waals surface area contributed by atoms with E-state index in [-0.39, 0.29) is 5.91 Å². The van der Waals surface area contributed by atoms with E-state index < -0.39 is 0 Å². The summed E-state index contributed by atoms with van der Waals surface area (Å²) in [5.41, 5.74) is 1.48. The fraction of sp³-hybridized carbons (Fsp3) is 0.111. The van der Waals surface area contributed by atoms with E-state index in [1.165, 1.54) is 11.3 Å². The Labute approximate surface area is 138 Å². The number of ether oxygens (including phenoxy) is 1. The maximum Gasteiger partial charge on any atom is 0.267 e. The molecule has 0 unspecified atom stereocenters. The predicted octanol–water partition coefficient (Wildman–Crippen LogP) is 4.80. The molecule has 0 aliphatic carbocycles. The summed E-state index contributed by atoms with van der Waals surface area (Å²) in [5, 5.41) is 3.77. The lowest BCUT2D eigenvalue weighted by atomic mass is 10.3. The number of benzene rings is 2. The normalized spacial score (nSPS) is 10.3. The Kier molecular flexibility index (Phi) is 4.39. The number of carbonyl (C=O) groups is 1. The molecule has 0 bridgehead atoms. The van der Waals surface area contributed by atoms with E-state index >= 15 is 0 Å². The predicted molar refractivity (Wildman–Crippen MR) is 92.5 cm³/mol. The van der Waals surface area contributed by atoms with Gasteiger partial charge in [0.05, 0.1) is 10.7 Å². The molecule has 5 heteroatoms. The number of anilines is 1. The summed E-state index contributed by atoms with van der Waals surface area (Å²) < 4.78 is 5.72. The molecule has 1 heterocycles. The van der Waals surface area contributed by atoms with Gasteiger partial charge < -0.3 is 10.1 Å². The number of hydrogen-bond donors (Lipinski definition) is 1. The van der Waals surface area contributed by atoms with Crippen LogP contribution in [0.3, 0.4) is 0 Å². The lowest BCUT2D eigenvalue weighted by Crippen LogP contribution is -2.11. The van der Waals surface area contributed by atoms with E-state index in [0.717, 1.165) is 27.9 Å². The quantitative estimate of drug-likeness (QED) is 0.749. The third-order valence-corrected chi connectivity index (χ3v) is 4.27. The Hall–Kier alpha value is -2.66. The molecule has 23 heavy (non-hydrogen) atoms. The fourth-order valence-corrected chi connectivity index (χ4v) is 2.98. The molecule has 3 rings (SSSR count). The first kappa shape index (κ1) is 15.2. The molecular formula is C18H16N2O2S. The van der Waals surface area contributed by atoms with Crippen molar-refractivity contribution in [1.82, 2.24) is 4.98 Å². The van der Waals surface area contributed by atoms with E-state index in [0.29, 0.717) is 4.88 Å². The van der Waals surface area contributed by atoms with E-state index in [9.17, 15) is 4.79 Å². The van der Waals surface area contributed by atoms with E-state index in [4.69, 9.17) is 4.74 Å². The Morgan fingerprint density at radius 1 is 1.00 bits per heavy atom. The third-order valence-electron chi connectivity index (χ3n) is 3.20. The number of nitrogens with zero attached hydrogens (tertiary/aromatic N) is 1. The number of thiazole rings is 1. The molecule has 0 radical (unpaired) electrons. The largest absolute Gasteiger partial charge is 0.457 e. The number of aryl methyl sites for hydroxylation is 2. The van der Waals surface area contributed by atoms with Crippen LogP contribution >= 0.6 is 11.3 Å². The smallest absolute Gasteiger partial charge is 0.267 e. The fourth-order valence-electron chi connectivity index (χ4n) is 2.16. The van der Waals surface area contributed by atoms with Gasteiger partial charge in [-0.25, -0.2) is 4.98 Å². The Bertz CT molecular complexity index is 811. The van der Waals surface area contributed by atoms with E-state index in [1.54, 1.807) is 0 Å². The van der Waals surface area contributed by atoms with Crippen molar-refractivity contribution in [2.75, 3.05) is 5.32 Å². The molecule has 1 N–H and O–H groups in total. The summed E-state index contributed by atoms with van der Waals surface area (Å²) in [6.07, 6.45) is 0. The van der Waals surface area contributed by atoms with Crippen molar-refractivity contribution in [1.29, 1.82) is 0 Å². The van der Waals surface area contributed by atoms with Crippen molar-refractivity contribution >= 4 is 22.9 Å². The lowest BCUT2D eigenvalue weighted by Gasteiger charge is -2.07. The molecule has 1 aromatic heterocycles. The molecule has 0 atom stereocenters. The number of hydrogen-bond acceptors (Lipinski definition) is 4. The summed E-state index contributed by atoms with van der Waals surface area (Å²) in [4.78, 5) is 17.2. The molecule has 0 spiro atoms. The topological polar surface area (TPSA) is 51.2 Å². The second-order valence-corrected chi connectivity index (χ2v) is 6.24. The summed E-state index contributed by atoms with van der Waals surface area (Å²) in [6.45, 7) is 3.74. The zero-order chi connectivity index (χ0) is 16.2. The molecule has 116 valence electrons. The van der Waals surface area contributed by atoms with Crippen molar-refractivity contribution in [3.05, 3.63) is 70.2 Å². The van der Waals surface area contributed by atoms with Gasteiger partial charge in [-0.3, -0.25) is 4.79 Å². The van der Waals surface area contributed by atoms with Gasteiger partial charge in [0, 0.05) is 5.69 Å². The van der Waals surface area contributed by atoms with Gasteiger partial charge in [-0.2, -0.15) is 0 Å². The molecule has 0 saturated carbocycles. The van der Waals surface area contributed by atoms with Crippen molar-refractivity contribution in [3.8, 4) is 11.5 Å². The van der Waals surface area contributed by atoms with Gasteiger partial charge >= 0.3 is 0 Å². The highest BCUT2D eigenvalue weighted by Gasteiger charge is 2.13. The minimum Gasteiger partial charge on any atom is -0.457 e. The zero-order valence-electron chi connectivity index (χ0n) is 12.9. The number of nitrogens with one attached hydrogen (secondary N) is 1. The van der Waals surface area contributed by atoms with Crippen LogP contribution in [0.2, 0.25) is 0 Å². The standard InChI is InChI=1S/C18H16N2O2S/c1-12-17(23-13(2)19-12)18(21)20-14-8-10-16(11-9-14)22-15-6-4-3-5-7-15/h3-11H,1-2H3,(H,20,21). The van der Waals surface area contributed by atoms with Gasteiger partial charge in [0.1, 0.15) is 16.4 Å². The SMILES string of the molecule is Cc1nc(C)c(C(=O)Nc2ccc(Oc3ccccc3)cc2)s1. The van der Waals surface area contributed by atoms with Crippen molar-refractivity contribution < 1.29 is 9.53 Å². The summed E-state index contributed by atoms with van der Waals surface area (Å²) in [6, 6.07) is 16.9. The highest BCUT2D eigenvalue weighted by atomic mass is 32.1. The van der Waals surface area contributed by atoms with Gasteiger partial charge in [0.15, 0.2) is 0 Å². The summed E-state index contributed by atoms with van der Waals surface area (Å²) in [7, 11) is 0. The van der Waals surface area contributed by atoms with Crippen molar-refractivity contribution in [2.45, 2.75) is 13.8 Å². The highest BCUT2D eigenvalue weighted by Crippen LogP contribution is 2.24. The first-order chi connectivity index (χ1) is 11.1. The molecule has 2 aromatic carbocycles. The molecule has 4 nitrogen and oxygen atoms in total. The second-order valence-electron chi connectivity index (χ2n) is 5.04. The monoisotopic (exact) mass is 324 g/mol. The zero-order valence-corrected chi connectivity index (χ0v) is 13.7. The Balaban J connectivity index is 1.68. The van der Waals surface area contributed by atoms with Gasteiger partial charge in [0.25, 0.3) is 5.91 Å². The van der Waals surface area contributed by atoms with Crippen LogP contribution in [0.1, 0.15) is 20.4 Å². The van der Waals surface area contributed by atoms with Gasteiger partial charge in [-0.15, -0.1) is 11.3 Å². The van der Waals surface area contributed by atoms with Crippen LogP contribution in [0.4, 0.5) is 5.69 Å². The molecule has 1 amide bonds. The minimum atomic E-state index is -0.134. The number of carbonyl (C=O) groups excluding carboxylic acids is 1. The highest BCUT2D eigenvalue weighted by molar-refractivity contribution is 7.13. The minimum absolute atomic E-state index is 0.134. The van der Waals surface area contributed by atoms with Crippen LogP contribution in [0, 0.1) is 13.8 Å². The van der Waals surface area contributed by atoms with Gasteiger partial charge in [-0.1, -0.05) is 18.2 Å². The molecular weight excluding hydrogens is 308 g/mol. The van der Waals surface area contributed by atoms with Crippen molar-refractivity contribution in [3.63, 3.8) is 0 Å². The summed E-state index contributed by atoms with van der Waals surface area (Å²) in [5.74, 6) is 1.36. The van der Waals surface area contributed by atoms with Crippen LogP contribution in [0.25, 0.3) is 0 Å². The average Bonchev–Trinajstić information content (AvgIpc) is 2.89. The molecule has 0 aliphatic rings. The third kappa shape index (κ3) is 3.76. The van der Waals surface area contributed by atoms with Gasteiger partial charge in [0.2, 0.25) is 0 Å². The first-order valence-electron chi connectivity index (χ1n) is 7.20. The van der Waals surface area contributed by atoms with E-state index in [2.05, 4.69) is 10.3 Å². The van der Waals surface area contributed by atoms with Crippen LogP contribution in [0.15, 0.2) is 54.6 Å². The number of aromatic nitrogens is 1. The molecule has 3 aromatic rings. The van der Waals surface area contributed by atoms with Crippen LogP contribution in [0.5, 0.6) is 11.5 Å². The number of rotatable bonds is 4. The summed E-state index contributed by atoms with van der Waals surface area (Å²) >= 11 is 1.40. The maximum atomic E-state index is 12.3. The lowest BCUT2D eigenvalue weighted by molar-refractivity contribution is 0.103. The number of para-hydroxylation sites is 1. The van der Waals surface area contributed by atoms with Crippen LogP contribution in [-0.4, -0.2) is 10.9 Å². The van der Waals surface area contributed by atoms with Gasteiger partial charge in [-0.05, 0) is 50.2 Å². The van der Waals surface area contributed by atoms with Crippen molar-refractivity contribution in [2.24, 2.45) is 0 Å².